The molecule has 0 bridgehead atoms. The first kappa shape index (κ1) is 18.1. The number of aromatic hydroxyl groups is 1. The first-order valence-corrected chi connectivity index (χ1v) is 8.90. The van der Waals surface area contributed by atoms with Gasteiger partial charge < -0.3 is 10.2 Å². The Morgan fingerprint density at radius 2 is 1.81 bits per heavy atom. The molecule has 0 unspecified atom stereocenters. The van der Waals surface area contributed by atoms with Gasteiger partial charge in [0.25, 0.3) is 0 Å². The lowest BCUT2D eigenvalue weighted by Crippen LogP contribution is -2.27. The number of amides is 1. The van der Waals surface area contributed by atoms with Gasteiger partial charge in [-0.05, 0) is 23.8 Å². The third-order valence-electron chi connectivity index (χ3n) is 4.19. The molecule has 3 rings (SSSR count). The number of hydrazone groups is 1. The third kappa shape index (κ3) is 3.94. The Bertz CT molecular complexity index is 864. The molecule has 134 valence electrons. The van der Waals surface area contributed by atoms with Crippen LogP contribution in [-0.2, 0) is 9.59 Å². The number of carbonyl (C=O) groups is 2. The van der Waals surface area contributed by atoms with Crippen molar-refractivity contribution < 1.29 is 19.8 Å². The summed E-state index contributed by atoms with van der Waals surface area (Å²) in [6.45, 7) is 0. The minimum absolute atomic E-state index is 0.0841. The molecule has 0 saturated heterocycles. The SMILES string of the molecule is O=C(O)CCC(=O)N1N=C(c2ccc(Br)cc2)C[C@H]1c1ccccc1O. The summed E-state index contributed by atoms with van der Waals surface area (Å²) in [6, 6.07) is 13.9. The molecule has 0 aromatic heterocycles. The largest absolute Gasteiger partial charge is 0.508 e. The van der Waals surface area contributed by atoms with Gasteiger partial charge in [0.2, 0.25) is 5.91 Å². The van der Waals surface area contributed by atoms with Crippen molar-refractivity contribution in [1.29, 1.82) is 0 Å². The zero-order valence-corrected chi connectivity index (χ0v) is 15.4. The summed E-state index contributed by atoms with van der Waals surface area (Å²) in [5, 5.41) is 24.8. The number of carbonyl (C=O) groups excluding carboxylic acids is 1. The average Bonchev–Trinajstić information content (AvgIpc) is 3.06. The highest BCUT2D eigenvalue weighted by Crippen LogP contribution is 2.37. The molecule has 6 nitrogen and oxygen atoms in total. The minimum Gasteiger partial charge on any atom is -0.508 e. The van der Waals surface area contributed by atoms with Gasteiger partial charge >= 0.3 is 5.97 Å². The molecule has 2 N–H and O–H groups in total. The summed E-state index contributed by atoms with van der Waals surface area (Å²) in [7, 11) is 0. The van der Waals surface area contributed by atoms with Crippen LogP contribution in [0.5, 0.6) is 5.75 Å². The van der Waals surface area contributed by atoms with Crippen molar-refractivity contribution in [3.05, 3.63) is 64.1 Å². The molecule has 0 radical (unpaired) electrons. The van der Waals surface area contributed by atoms with E-state index in [2.05, 4.69) is 21.0 Å². The lowest BCUT2D eigenvalue weighted by Gasteiger charge is -2.22. The number of para-hydroxylation sites is 1. The molecule has 1 atom stereocenters. The summed E-state index contributed by atoms with van der Waals surface area (Å²) in [5.74, 6) is -1.33. The molecule has 1 aliphatic heterocycles. The summed E-state index contributed by atoms with van der Waals surface area (Å²) >= 11 is 3.39. The molecule has 1 heterocycles. The van der Waals surface area contributed by atoms with E-state index in [1.165, 1.54) is 5.01 Å². The number of phenols is 1. The van der Waals surface area contributed by atoms with Gasteiger partial charge in [-0.3, -0.25) is 9.59 Å². The highest BCUT2D eigenvalue weighted by molar-refractivity contribution is 9.10. The van der Waals surface area contributed by atoms with Crippen molar-refractivity contribution in [3.8, 4) is 5.75 Å². The van der Waals surface area contributed by atoms with Crippen LogP contribution in [0.3, 0.4) is 0 Å². The van der Waals surface area contributed by atoms with E-state index < -0.39 is 12.0 Å². The zero-order valence-electron chi connectivity index (χ0n) is 13.8. The number of carboxylic acid groups (broad SMARTS) is 1. The number of phenolic OH excluding ortho intramolecular Hbond substituents is 1. The van der Waals surface area contributed by atoms with Crippen LogP contribution >= 0.6 is 15.9 Å². The van der Waals surface area contributed by atoms with Gasteiger partial charge in [0.1, 0.15) is 5.75 Å². The molecule has 7 heteroatoms. The second-order valence-electron chi connectivity index (χ2n) is 5.96. The second-order valence-corrected chi connectivity index (χ2v) is 6.88. The number of carboxylic acids is 1. The second kappa shape index (κ2) is 7.70. The highest BCUT2D eigenvalue weighted by Gasteiger charge is 2.34. The third-order valence-corrected chi connectivity index (χ3v) is 4.72. The molecule has 0 aliphatic carbocycles. The van der Waals surface area contributed by atoms with E-state index in [-0.39, 0.29) is 24.5 Å². The molecule has 0 saturated carbocycles. The maximum Gasteiger partial charge on any atom is 0.303 e. The maximum atomic E-state index is 12.5. The van der Waals surface area contributed by atoms with Crippen LogP contribution in [0.2, 0.25) is 0 Å². The number of hydrogen-bond donors (Lipinski definition) is 2. The predicted octanol–water partition coefficient (Wildman–Crippen LogP) is 3.70. The smallest absolute Gasteiger partial charge is 0.303 e. The van der Waals surface area contributed by atoms with Crippen molar-refractivity contribution in [2.45, 2.75) is 25.3 Å². The van der Waals surface area contributed by atoms with E-state index in [0.717, 1.165) is 15.7 Å². The Hall–Kier alpha value is -2.67. The standard InChI is InChI=1S/C19H17BrN2O4/c20-13-7-5-12(6-8-13)15-11-16(14-3-1-2-4-17(14)23)22(21-15)18(24)9-10-19(25)26/h1-8,16,23H,9-11H2,(H,25,26)/t16-/m0/s1. The summed E-state index contributed by atoms with van der Waals surface area (Å²) in [5.41, 5.74) is 2.18. The highest BCUT2D eigenvalue weighted by atomic mass is 79.9. The van der Waals surface area contributed by atoms with Crippen molar-refractivity contribution in [3.63, 3.8) is 0 Å². The van der Waals surface area contributed by atoms with Crippen molar-refractivity contribution in [2.24, 2.45) is 5.10 Å². The van der Waals surface area contributed by atoms with Gasteiger partial charge in [-0.25, -0.2) is 5.01 Å². The molecule has 0 spiro atoms. The predicted molar refractivity (Wildman–Crippen MR) is 99.9 cm³/mol. The van der Waals surface area contributed by atoms with Crippen LogP contribution in [0.15, 0.2) is 58.1 Å². The van der Waals surface area contributed by atoms with E-state index >= 15 is 0 Å². The van der Waals surface area contributed by atoms with Crippen LogP contribution in [0.1, 0.15) is 36.4 Å². The van der Waals surface area contributed by atoms with Crippen LogP contribution in [0, 0.1) is 0 Å². The van der Waals surface area contributed by atoms with Gasteiger partial charge in [0.05, 0.1) is 18.2 Å². The molecule has 2 aromatic carbocycles. The Balaban J connectivity index is 1.93. The van der Waals surface area contributed by atoms with Gasteiger partial charge in [-0.2, -0.15) is 5.10 Å². The monoisotopic (exact) mass is 416 g/mol. The number of benzene rings is 2. The Morgan fingerprint density at radius 1 is 1.12 bits per heavy atom. The van der Waals surface area contributed by atoms with E-state index in [0.29, 0.717) is 12.0 Å². The lowest BCUT2D eigenvalue weighted by atomic mass is 9.97. The Labute approximate surface area is 158 Å². The molecular weight excluding hydrogens is 400 g/mol. The summed E-state index contributed by atoms with van der Waals surface area (Å²) < 4.78 is 0.937. The van der Waals surface area contributed by atoms with E-state index in [9.17, 15) is 14.7 Å². The topological polar surface area (TPSA) is 90.2 Å². The zero-order chi connectivity index (χ0) is 18.7. The van der Waals surface area contributed by atoms with Crippen molar-refractivity contribution in [2.75, 3.05) is 0 Å². The Morgan fingerprint density at radius 3 is 2.46 bits per heavy atom. The molecular formula is C19H17BrN2O4. The molecule has 1 amide bonds. The van der Waals surface area contributed by atoms with Gasteiger partial charge in [-0.15, -0.1) is 0 Å². The number of halogens is 1. The summed E-state index contributed by atoms with van der Waals surface area (Å²) in [4.78, 5) is 23.3. The first-order chi connectivity index (χ1) is 12.5. The quantitative estimate of drug-likeness (QED) is 0.777. The minimum atomic E-state index is -1.03. The first-order valence-electron chi connectivity index (χ1n) is 8.11. The Kier molecular flexibility index (Phi) is 5.37. The van der Waals surface area contributed by atoms with Gasteiger partial charge in [0.15, 0.2) is 0 Å². The molecule has 0 fully saturated rings. The van der Waals surface area contributed by atoms with E-state index in [1.54, 1.807) is 24.3 Å². The van der Waals surface area contributed by atoms with Crippen LogP contribution in [0.25, 0.3) is 0 Å². The van der Waals surface area contributed by atoms with Crippen LogP contribution in [0.4, 0.5) is 0 Å². The number of rotatable bonds is 5. The molecule has 2 aromatic rings. The summed E-state index contributed by atoms with van der Waals surface area (Å²) in [6.07, 6.45) is 0.0422. The van der Waals surface area contributed by atoms with E-state index in [1.807, 2.05) is 24.3 Å². The van der Waals surface area contributed by atoms with Crippen LogP contribution in [-0.4, -0.2) is 32.8 Å². The van der Waals surface area contributed by atoms with Gasteiger partial charge in [-0.1, -0.05) is 46.3 Å². The van der Waals surface area contributed by atoms with Crippen LogP contribution < -0.4 is 0 Å². The van der Waals surface area contributed by atoms with Crippen molar-refractivity contribution >= 4 is 33.5 Å². The van der Waals surface area contributed by atoms with Gasteiger partial charge in [0, 0.05) is 22.9 Å². The molecule has 26 heavy (non-hydrogen) atoms. The maximum absolute atomic E-state index is 12.5. The normalized spacial score (nSPS) is 16.4. The number of hydrogen-bond acceptors (Lipinski definition) is 4. The fraction of sp³-hybridized carbons (Fsp3) is 0.211. The fourth-order valence-corrected chi connectivity index (χ4v) is 3.16. The lowest BCUT2D eigenvalue weighted by molar-refractivity contribution is -0.141. The number of nitrogens with zero attached hydrogens (tertiary/aromatic N) is 2. The average molecular weight is 417 g/mol. The number of aliphatic carboxylic acids is 1. The fourth-order valence-electron chi connectivity index (χ4n) is 2.90. The van der Waals surface area contributed by atoms with Crippen molar-refractivity contribution in [1.82, 2.24) is 5.01 Å². The van der Waals surface area contributed by atoms with E-state index in [4.69, 9.17) is 5.11 Å². The molecule has 1 aliphatic rings.